The van der Waals surface area contributed by atoms with Gasteiger partial charge in [-0.1, -0.05) is 18.5 Å². The van der Waals surface area contributed by atoms with Crippen molar-refractivity contribution in [2.75, 3.05) is 5.73 Å². The van der Waals surface area contributed by atoms with Crippen LogP contribution in [-0.2, 0) is 10.0 Å². The van der Waals surface area contributed by atoms with Crippen molar-refractivity contribution >= 4 is 38.8 Å². The maximum atomic E-state index is 12.4. The van der Waals surface area contributed by atoms with E-state index in [1.54, 1.807) is 11.6 Å². The molecule has 0 aliphatic heterocycles. The van der Waals surface area contributed by atoms with Crippen LogP contribution in [-0.4, -0.2) is 18.4 Å². The van der Waals surface area contributed by atoms with Gasteiger partial charge in [-0.2, -0.15) is 0 Å². The number of nitrogen functional groups attached to an aromatic ring is 1. The predicted molar refractivity (Wildman–Crippen MR) is 79.1 cm³/mol. The molecule has 9 heteroatoms. The summed E-state index contributed by atoms with van der Waals surface area (Å²) in [7, 11) is -3.81. The molecule has 0 spiro atoms. The van der Waals surface area contributed by atoms with E-state index in [1.165, 1.54) is 23.6 Å². The van der Waals surface area contributed by atoms with Crippen LogP contribution in [0.2, 0.25) is 5.02 Å². The van der Waals surface area contributed by atoms with Gasteiger partial charge in [0, 0.05) is 17.8 Å². The number of halogens is 1. The average molecular weight is 333 g/mol. The van der Waals surface area contributed by atoms with Crippen LogP contribution in [0.15, 0.2) is 28.7 Å². The Morgan fingerprint density at radius 3 is 2.85 bits per heavy atom. The van der Waals surface area contributed by atoms with E-state index in [4.69, 9.17) is 17.3 Å². The average Bonchev–Trinajstić information content (AvgIpc) is 2.92. The first-order chi connectivity index (χ1) is 9.44. The SMILES string of the molecule is CCC(NS(=O)(=O)c1cc(Cl)cnc1N)c1nccs1. The minimum absolute atomic E-state index is 0.0871. The largest absolute Gasteiger partial charge is 0.383 e. The van der Waals surface area contributed by atoms with Gasteiger partial charge < -0.3 is 5.73 Å². The zero-order valence-corrected chi connectivity index (χ0v) is 13.0. The second kappa shape index (κ2) is 6.04. The van der Waals surface area contributed by atoms with Crippen LogP contribution in [0.1, 0.15) is 24.4 Å². The van der Waals surface area contributed by atoms with Crippen molar-refractivity contribution in [3.63, 3.8) is 0 Å². The molecular formula is C11H13ClN4O2S2. The third kappa shape index (κ3) is 3.26. The molecule has 2 heterocycles. The van der Waals surface area contributed by atoms with Crippen LogP contribution in [0.4, 0.5) is 5.82 Å². The minimum Gasteiger partial charge on any atom is -0.383 e. The molecule has 3 N–H and O–H groups in total. The van der Waals surface area contributed by atoms with E-state index < -0.39 is 16.1 Å². The van der Waals surface area contributed by atoms with Crippen LogP contribution < -0.4 is 10.5 Å². The lowest BCUT2D eigenvalue weighted by molar-refractivity contribution is 0.549. The Balaban J connectivity index is 2.33. The number of rotatable bonds is 5. The van der Waals surface area contributed by atoms with Gasteiger partial charge >= 0.3 is 0 Å². The highest BCUT2D eigenvalue weighted by atomic mass is 35.5. The number of thiazole rings is 1. The van der Waals surface area contributed by atoms with Gasteiger partial charge in [0.25, 0.3) is 0 Å². The Kier molecular flexibility index (Phi) is 4.59. The van der Waals surface area contributed by atoms with E-state index in [0.29, 0.717) is 11.4 Å². The molecule has 2 aromatic heterocycles. The number of aromatic nitrogens is 2. The van der Waals surface area contributed by atoms with Crippen molar-refractivity contribution in [1.29, 1.82) is 0 Å². The highest BCUT2D eigenvalue weighted by Gasteiger charge is 2.24. The third-order valence-electron chi connectivity index (χ3n) is 2.59. The maximum absolute atomic E-state index is 12.4. The highest BCUT2D eigenvalue weighted by molar-refractivity contribution is 7.89. The molecule has 6 nitrogen and oxygen atoms in total. The molecule has 0 radical (unpaired) electrons. The summed E-state index contributed by atoms with van der Waals surface area (Å²) in [5.74, 6) is -0.0871. The zero-order chi connectivity index (χ0) is 14.8. The molecule has 1 atom stereocenters. The van der Waals surface area contributed by atoms with Crippen molar-refractivity contribution in [1.82, 2.24) is 14.7 Å². The molecule has 2 aromatic rings. The molecule has 108 valence electrons. The van der Waals surface area contributed by atoms with Gasteiger partial charge in [-0.15, -0.1) is 11.3 Å². The molecule has 2 rings (SSSR count). The number of hydrogen-bond donors (Lipinski definition) is 2. The molecule has 0 amide bonds. The molecule has 0 bridgehead atoms. The second-order valence-electron chi connectivity index (χ2n) is 3.99. The summed E-state index contributed by atoms with van der Waals surface area (Å²) in [6, 6.07) is 0.874. The standard InChI is InChI=1S/C11H13ClN4O2S2/c1-2-8(11-14-3-4-19-11)16-20(17,18)9-5-7(12)6-15-10(9)13/h3-6,8,16H,2H2,1H3,(H2,13,15). The zero-order valence-electron chi connectivity index (χ0n) is 10.6. The van der Waals surface area contributed by atoms with Crippen LogP contribution >= 0.6 is 22.9 Å². The van der Waals surface area contributed by atoms with E-state index >= 15 is 0 Å². The lowest BCUT2D eigenvalue weighted by Crippen LogP contribution is -2.29. The Bertz CT molecular complexity index is 688. The quantitative estimate of drug-likeness (QED) is 0.874. The van der Waals surface area contributed by atoms with Gasteiger partial charge in [0.15, 0.2) is 0 Å². The summed E-state index contributed by atoms with van der Waals surface area (Å²) in [5, 5.41) is 2.70. The first kappa shape index (κ1) is 15.2. The fourth-order valence-electron chi connectivity index (χ4n) is 1.61. The van der Waals surface area contributed by atoms with Crippen molar-refractivity contribution in [3.8, 4) is 0 Å². The normalized spacial score (nSPS) is 13.3. The fourth-order valence-corrected chi connectivity index (χ4v) is 4.07. The molecule has 0 fully saturated rings. The van der Waals surface area contributed by atoms with Crippen molar-refractivity contribution in [3.05, 3.63) is 33.9 Å². The Labute approximate surface area is 126 Å². The van der Waals surface area contributed by atoms with Crippen LogP contribution in [0.3, 0.4) is 0 Å². The first-order valence-corrected chi connectivity index (χ1v) is 8.51. The minimum atomic E-state index is -3.81. The number of nitrogens with two attached hydrogens (primary N) is 1. The van der Waals surface area contributed by atoms with E-state index in [0.717, 1.165) is 0 Å². The molecule has 0 saturated heterocycles. The van der Waals surface area contributed by atoms with E-state index in [-0.39, 0.29) is 15.7 Å². The van der Waals surface area contributed by atoms with Crippen LogP contribution in [0.25, 0.3) is 0 Å². The highest BCUT2D eigenvalue weighted by Crippen LogP contribution is 2.25. The molecule has 0 aliphatic carbocycles. The molecule has 1 unspecified atom stereocenters. The second-order valence-corrected chi connectivity index (χ2v) is 7.03. The van der Waals surface area contributed by atoms with Crippen molar-refractivity contribution in [2.24, 2.45) is 0 Å². The summed E-state index contributed by atoms with van der Waals surface area (Å²) in [6.45, 7) is 1.87. The van der Waals surface area contributed by atoms with Gasteiger partial charge in [-0.3, -0.25) is 0 Å². The predicted octanol–water partition coefficient (Wildman–Crippen LogP) is 2.20. The monoisotopic (exact) mass is 332 g/mol. The van der Waals surface area contributed by atoms with Gasteiger partial charge in [0.1, 0.15) is 15.7 Å². The molecular weight excluding hydrogens is 320 g/mol. The lowest BCUT2D eigenvalue weighted by atomic mass is 10.3. The molecule has 0 aromatic carbocycles. The van der Waals surface area contributed by atoms with Gasteiger partial charge in [-0.05, 0) is 12.5 Å². The fraction of sp³-hybridized carbons (Fsp3) is 0.273. The number of sulfonamides is 1. The smallest absolute Gasteiger partial charge is 0.244 e. The van der Waals surface area contributed by atoms with Gasteiger partial charge in [0.05, 0.1) is 11.1 Å². The Morgan fingerprint density at radius 1 is 1.50 bits per heavy atom. The van der Waals surface area contributed by atoms with Crippen LogP contribution in [0, 0.1) is 0 Å². The van der Waals surface area contributed by atoms with E-state index in [1.807, 2.05) is 6.92 Å². The van der Waals surface area contributed by atoms with Crippen molar-refractivity contribution in [2.45, 2.75) is 24.3 Å². The molecule has 20 heavy (non-hydrogen) atoms. The number of hydrogen-bond acceptors (Lipinski definition) is 6. The summed E-state index contributed by atoms with van der Waals surface area (Å²) in [5.41, 5.74) is 5.61. The Morgan fingerprint density at radius 2 is 2.25 bits per heavy atom. The summed E-state index contributed by atoms with van der Waals surface area (Å²) in [6.07, 6.45) is 3.50. The van der Waals surface area contributed by atoms with E-state index in [2.05, 4.69) is 14.7 Å². The third-order valence-corrected chi connectivity index (χ3v) is 5.19. The number of pyridine rings is 1. The summed E-state index contributed by atoms with van der Waals surface area (Å²) in [4.78, 5) is 7.75. The lowest BCUT2D eigenvalue weighted by Gasteiger charge is -2.15. The first-order valence-electron chi connectivity index (χ1n) is 5.76. The number of nitrogens with zero attached hydrogens (tertiary/aromatic N) is 2. The summed E-state index contributed by atoms with van der Waals surface area (Å²) >= 11 is 7.16. The van der Waals surface area contributed by atoms with Crippen molar-refractivity contribution < 1.29 is 8.42 Å². The van der Waals surface area contributed by atoms with Gasteiger partial charge in [0.2, 0.25) is 10.0 Å². The van der Waals surface area contributed by atoms with Crippen LogP contribution in [0.5, 0.6) is 0 Å². The molecule has 0 saturated carbocycles. The topological polar surface area (TPSA) is 98.0 Å². The van der Waals surface area contributed by atoms with E-state index in [9.17, 15) is 8.42 Å². The van der Waals surface area contributed by atoms with Gasteiger partial charge in [-0.25, -0.2) is 23.1 Å². The Hall–Kier alpha value is -1.22. The maximum Gasteiger partial charge on any atom is 0.244 e. The number of nitrogens with one attached hydrogen (secondary N) is 1. The molecule has 0 aliphatic rings. The number of anilines is 1. The summed E-state index contributed by atoms with van der Waals surface area (Å²) < 4.78 is 27.3.